The lowest BCUT2D eigenvalue weighted by atomic mass is 10.1. The number of hydrogen-bond acceptors (Lipinski definition) is 4. The minimum absolute atomic E-state index is 0.111. The van der Waals surface area contributed by atoms with Crippen LogP contribution in [-0.2, 0) is 11.3 Å². The summed E-state index contributed by atoms with van der Waals surface area (Å²) in [4.78, 5) is 12.4. The van der Waals surface area contributed by atoms with Gasteiger partial charge in [-0.25, -0.2) is 0 Å². The van der Waals surface area contributed by atoms with Crippen molar-refractivity contribution in [1.29, 1.82) is 5.26 Å². The van der Waals surface area contributed by atoms with E-state index in [-0.39, 0.29) is 17.9 Å². The number of rotatable bonds is 6. The van der Waals surface area contributed by atoms with Gasteiger partial charge in [0, 0.05) is 22.2 Å². The van der Waals surface area contributed by atoms with Gasteiger partial charge in [0.25, 0.3) is 5.91 Å². The van der Waals surface area contributed by atoms with Gasteiger partial charge in [-0.15, -0.1) is 0 Å². The Hall–Kier alpha value is -3.46. The molecule has 0 atom stereocenters. The molecule has 5 nitrogen and oxygen atoms in total. The first kappa shape index (κ1) is 23.2. The number of phenolic OH excluding ortho intramolecular Hbond substituents is 1. The lowest BCUT2D eigenvalue weighted by Crippen LogP contribution is -2.23. The van der Waals surface area contributed by atoms with E-state index in [0.29, 0.717) is 22.1 Å². The molecular formula is C25H20Cl2N2O3. The molecule has 0 aromatic heterocycles. The number of carbonyl (C=O) groups excluding carboxylic acids is 1. The molecule has 0 fully saturated rings. The van der Waals surface area contributed by atoms with Crippen molar-refractivity contribution in [1.82, 2.24) is 5.32 Å². The number of amides is 1. The maximum Gasteiger partial charge on any atom is 0.262 e. The highest BCUT2D eigenvalue weighted by Crippen LogP contribution is 2.29. The van der Waals surface area contributed by atoms with Gasteiger partial charge in [-0.2, -0.15) is 5.26 Å². The third-order valence-corrected chi connectivity index (χ3v) is 5.51. The second-order valence-electron chi connectivity index (χ2n) is 7.17. The molecule has 0 aliphatic heterocycles. The molecule has 0 bridgehead atoms. The van der Waals surface area contributed by atoms with Crippen LogP contribution in [0.25, 0.3) is 6.08 Å². The second-order valence-corrected chi connectivity index (χ2v) is 7.99. The fourth-order valence-corrected chi connectivity index (χ4v) is 3.27. The summed E-state index contributed by atoms with van der Waals surface area (Å²) in [5, 5.41) is 23.0. The highest BCUT2D eigenvalue weighted by Gasteiger charge is 2.11. The van der Waals surface area contributed by atoms with Crippen molar-refractivity contribution in [3.8, 4) is 23.3 Å². The second kappa shape index (κ2) is 10.2. The van der Waals surface area contributed by atoms with E-state index in [9.17, 15) is 15.2 Å². The van der Waals surface area contributed by atoms with Crippen LogP contribution in [0.4, 0.5) is 0 Å². The lowest BCUT2D eigenvalue weighted by molar-refractivity contribution is -0.117. The largest absolute Gasteiger partial charge is 0.507 e. The van der Waals surface area contributed by atoms with Gasteiger partial charge >= 0.3 is 0 Å². The summed E-state index contributed by atoms with van der Waals surface area (Å²) in [6, 6.07) is 17.3. The van der Waals surface area contributed by atoms with E-state index in [2.05, 4.69) is 5.32 Å². The summed E-state index contributed by atoms with van der Waals surface area (Å²) in [7, 11) is 0. The van der Waals surface area contributed by atoms with Gasteiger partial charge in [-0.3, -0.25) is 4.79 Å². The summed E-state index contributed by atoms with van der Waals surface area (Å²) in [5.74, 6) is 0.686. The molecule has 0 radical (unpaired) electrons. The SMILES string of the molecule is Cc1cc(Oc2ccc(CNC(=O)/C(C#N)=C/c3ccc(Cl)cc3O)cc2)cc(C)c1Cl. The minimum Gasteiger partial charge on any atom is -0.507 e. The maximum absolute atomic E-state index is 12.4. The highest BCUT2D eigenvalue weighted by molar-refractivity contribution is 6.32. The van der Waals surface area contributed by atoms with Gasteiger partial charge < -0.3 is 15.2 Å². The first-order valence-electron chi connectivity index (χ1n) is 9.69. The molecule has 0 aliphatic carbocycles. The third kappa shape index (κ3) is 5.82. The third-order valence-electron chi connectivity index (χ3n) is 4.68. The van der Waals surface area contributed by atoms with Crippen LogP contribution >= 0.6 is 23.2 Å². The molecule has 0 unspecified atom stereocenters. The molecule has 0 saturated heterocycles. The highest BCUT2D eigenvalue weighted by atomic mass is 35.5. The van der Waals surface area contributed by atoms with Crippen LogP contribution in [0.1, 0.15) is 22.3 Å². The number of phenols is 1. The van der Waals surface area contributed by atoms with Crippen LogP contribution in [-0.4, -0.2) is 11.0 Å². The minimum atomic E-state index is -0.547. The number of aromatic hydroxyl groups is 1. The van der Waals surface area contributed by atoms with Crippen molar-refractivity contribution < 1.29 is 14.6 Å². The molecule has 3 aromatic carbocycles. The van der Waals surface area contributed by atoms with Crippen molar-refractivity contribution in [3.05, 3.63) is 92.5 Å². The van der Waals surface area contributed by atoms with Crippen LogP contribution in [0.15, 0.2) is 60.2 Å². The summed E-state index contributed by atoms with van der Waals surface area (Å²) in [6.45, 7) is 4.07. The normalized spacial score (nSPS) is 11.0. The summed E-state index contributed by atoms with van der Waals surface area (Å²) < 4.78 is 5.89. The Kier molecular flexibility index (Phi) is 7.42. The van der Waals surface area contributed by atoms with Crippen molar-refractivity contribution in [2.45, 2.75) is 20.4 Å². The predicted octanol–water partition coefficient (Wildman–Crippen LogP) is 6.33. The average molecular weight is 467 g/mol. The molecule has 0 saturated carbocycles. The van der Waals surface area contributed by atoms with Crippen LogP contribution in [0, 0.1) is 25.2 Å². The molecule has 2 N–H and O–H groups in total. The quantitative estimate of drug-likeness (QED) is 0.328. The first-order valence-corrected chi connectivity index (χ1v) is 10.4. The average Bonchev–Trinajstić information content (AvgIpc) is 2.76. The molecule has 0 spiro atoms. The van der Waals surface area contributed by atoms with E-state index in [1.54, 1.807) is 18.2 Å². The van der Waals surface area contributed by atoms with E-state index in [1.165, 1.54) is 18.2 Å². The van der Waals surface area contributed by atoms with E-state index in [4.69, 9.17) is 27.9 Å². The Labute approximate surface area is 196 Å². The Balaban J connectivity index is 1.63. The first-order chi connectivity index (χ1) is 15.3. The lowest BCUT2D eigenvalue weighted by Gasteiger charge is -2.10. The predicted molar refractivity (Wildman–Crippen MR) is 126 cm³/mol. The van der Waals surface area contributed by atoms with Gasteiger partial charge in [0.15, 0.2) is 0 Å². The van der Waals surface area contributed by atoms with Crippen molar-refractivity contribution in [3.63, 3.8) is 0 Å². The molecule has 3 rings (SSSR count). The molecule has 0 aliphatic rings. The standard InChI is InChI=1S/C25H20Cl2N2O3/c1-15-9-22(10-16(2)24(15)27)32-21-7-3-17(4-8-21)14-29-25(31)19(13-28)11-18-5-6-20(26)12-23(18)30/h3-12,30H,14H2,1-2H3,(H,29,31)/b19-11+. The fourth-order valence-electron chi connectivity index (χ4n) is 3.00. The number of nitriles is 1. The number of aryl methyl sites for hydroxylation is 2. The Morgan fingerprint density at radius 3 is 2.31 bits per heavy atom. The number of halogens is 2. The van der Waals surface area contributed by atoms with E-state index in [0.717, 1.165) is 21.7 Å². The van der Waals surface area contributed by atoms with E-state index < -0.39 is 5.91 Å². The summed E-state index contributed by atoms with van der Waals surface area (Å²) >= 11 is 12.0. The molecular weight excluding hydrogens is 447 g/mol. The molecule has 0 heterocycles. The molecule has 1 amide bonds. The number of ether oxygens (including phenoxy) is 1. The maximum atomic E-state index is 12.4. The van der Waals surface area contributed by atoms with Crippen molar-refractivity contribution in [2.24, 2.45) is 0 Å². The van der Waals surface area contributed by atoms with Crippen LogP contribution in [0.2, 0.25) is 10.0 Å². The Morgan fingerprint density at radius 1 is 1.06 bits per heavy atom. The van der Waals surface area contributed by atoms with Crippen LogP contribution in [0.3, 0.4) is 0 Å². The monoisotopic (exact) mass is 466 g/mol. The zero-order chi connectivity index (χ0) is 23.3. The smallest absolute Gasteiger partial charge is 0.262 e. The van der Waals surface area contributed by atoms with Gasteiger partial charge in [0.1, 0.15) is 28.9 Å². The number of benzene rings is 3. The Morgan fingerprint density at radius 2 is 1.72 bits per heavy atom. The van der Waals surface area contributed by atoms with Crippen LogP contribution < -0.4 is 10.1 Å². The van der Waals surface area contributed by atoms with Crippen molar-refractivity contribution in [2.75, 3.05) is 0 Å². The van der Waals surface area contributed by atoms with Gasteiger partial charge in [0.2, 0.25) is 0 Å². The molecule has 3 aromatic rings. The number of nitrogens with one attached hydrogen (secondary N) is 1. The molecule has 32 heavy (non-hydrogen) atoms. The molecule has 7 heteroatoms. The van der Waals surface area contributed by atoms with Crippen molar-refractivity contribution >= 4 is 35.2 Å². The van der Waals surface area contributed by atoms with Gasteiger partial charge in [0.05, 0.1) is 0 Å². The summed E-state index contributed by atoms with van der Waals surface area (Å²) in [5.41, 5.74) is 2.91. The van der Waals surface area contributed by atoms with Crippen LogP contribution in [0.5, 0.6) is 17.2 Å². The number of hydrogen-bond donors (Lipinski definition) is 2. The fraction of sp³-hybridized carbons (Fsp3) is 0.120. The molecule has 162 valence electrons. The zero-order valence-corrected chi connectivity index (χ0v) is 19.0. The van der Waals surface area contributed by atoms with E-state index >= 15 is 0 Å². The Bertz CT molecular complexity index is 1210. The van der Waals surface area contributed by atoms with Gasteiger partial charge in [-0.1, -0.05) is 35.3 Å². The summed E-state index contributed by atoms with van der Waals surface area (Å²) in [6.07, 6.45) is 1.31. The van der Waals surface area contributed by atoms with E-state index in [1.807, 2.05) is 44.2 Å². The number of nitrogens with zero attached hydrogens (tertiary/aromatic N) is 1. The number of carbonyl (C=O) groups is 1. The topological polar surface area (TPSA) is 82.3 Å². The zero-order valence-electron chi connectivity index (χ0n) is 17.4. The van der Waals surface area contributed by atoms with Gasteiger partial charge in [-0.05, 0) is 79.1 Å².